The fraction of sp³-hybridized carbons (Fsp3) is 0.154. The van der Waals surface area contributed by atoms with Crippen molar-refractivity contribution in [1.82, 2.24) is 5.32 Å². The van der Waals surface area contributed by atoms with Crippen molar-refractivity contribution in [1.29, 1.82) is 0 Å². The molecule has 0 unspecified atom stereocenters. The number of nitrogens with one attached hydrogen (secondary N) is 1. The Morgan fingerprint density at radius 1 is 1.22 bits per heavy atom. The molecule has 0 radical (unpaired) electrons. The molecule has 94 valence electrons. The molecule has 0 bridgehead atoms. The maximum absolute atomic E-state index is 11.0. The van der Waals surface area contributed by atoms with Crippen molar-refractivity contribution < 1.29 is 9.21 Å². The molecule has 2 rings (SSSR count). The summed E-state index contributed by atoms with van der Waals surface area (Å²) in [5.74, 6) is 1.22. The standard InChI is InChI=1S/C13H11BrClNO2/c14-10-3-1-9(2-4-10)12-6-5-11(18-12)8-16-13(17)7-15/h1-6H,7-8H2,(H,16,17). The predicted octanol–water partition coefficient (Wildman–Crippen LogP) is 3.56. The van der Waals surface area contributed by atoms with E-state index >= 15 is 0 Å². The smallest absolute Gasteiger partial charge is 0.235 e. The van der Waals surface area contributed by atoms with E-state index < -0.39 is 0 Å². The number of hydrogen-bond donors (Lipinski definition) is 1. The summed E-state index contributed by atoms with van der Waals surface area (Å²) in [7, 11) is 0. The quantitative estimate of drug-likeness (QED) is 0.872. The molecule has 0 saturated carbocycles. The molecule has 0 fully saturated rings. The molecule has 1 N–H and O–H groups in total. The molecule has 1 heterocycles. The fourth-order valence-corrected chi connectivity index (χ4v) is 1.83. The van der Waals surface area contributed by atoms with Gasteiger partial charge >= 0.3 is 0 Å². The number of furan rings is 1. The summed E-state index contributed by atoms with van der Waals surface area (Å²) < 4.78 is 6.65. The molecule has 0 atom stereocenters. The van der Waals surface area contributed by atoms with Crippen LogP contribution < -0.4 is 5.32 Å². The highest BCUT2D eigenvalue weighted by Crippen LogP contribution is 2.23. The number of benzene rings is 1. The first-order chi connectivity index (χ1) is 8.69. The SMILES string of the molecule is O=C(CCl)NCc1ccc(-c2ccc(Br)cc2)o1. The molecule has 18 heavy (non-hydrogen) atoms. The number of carbonyl (C=O) groups is 1. The molecular weight excluding hydrogens is 318 g/mol. The first-order valence-corrected chi connectivity index (χ1v) is 6.69. The van der Waals surface area contributed by atoms with Gasteiger partial charge < -0.3 is 9.73 Å². The van der Waals surface area contributed by atoms with Gasteiger partial charge in [-0.15, -0.1) is 11.6 Å². The number of hydrogen-bond acceptors (Lipinski definition) is 2. The van der Waals surface area contributed by atoms with Gasteiger partial charge in [-0.05, 0) is 24.3 Å². The van der Waals surface area contributed by atoms with Crippen LogP contribution in [0.4, 0.5) is 0 Å². The second-order valence-corrected chi connectivity index (χ2v) is 4.87. The van der Waals surface area contributed by atoms with Crippen LogP contribution in [0, 0.1) is 0 Å². The first-order valence-electron chi connectivity index (χ1n) is 5.36. The molecule has 1 amide bonds. The van der Waals surface area contributed by atoms with Gasteiger partial charge in [-0.1, -0.05) is 28.1 Å². The highest BCUT2D eigenvalue weighted by Gasteiger charge is 2.05. The molecule has 1 aromatic carbocycles. The summed E-state index contributed by atoms with van der Waals surface area (Å²) in [5.41, 5.74) is 0.994. The number of carbonyl (C=O) groups excluding carboxylic acids is 1. The molecule has 0 saturated heterocycles. The second-order valence-electron chi connectivity index (χ2n) is 3.68. The van der Waals surface area contributed by atoms with Gasteiger partial charge in [0.25, 0.3) is 0 Å². The van der Waals surface area contributed by atoms with Gasteiger partial charge in [-0.25, -0.2) is 0 Å². The molecule has 0 aliphatic rings. The van der Waals surface area contributed by atoms with Crippen LogP contribution in [0.5, 0.6) is 0 Å². The van der Waals surface area contributed by atoms with Crippen LogP contribution in [-0.4, -0.2) is 11.8 Å². The summed E-state index contributed by atoms with van der Waals surface area (Å²) in [6.45, 7) is 0.349. The third kappa shape index (κ3) is 3.37. The molecule has 5 heteroatoms. The van der Waals surface area contributed by atoms with Crippen molar-refractivity contribution in [2.24, 2.45) is 0 Å². The average molecular weight is 329 g/mol. The molecule has 0 aliphatic heterocycles. The Kier molecular flexibility index (Phi) is 4.44. The predicted molar refractivity (Wildman–Crippen MR) is 74.4 cm³/mol. The number of alkyl halides is 1. The number of rotatable bonds is 4. The van der Waals surface area contributed by atoms with E-state index in [0.717, 1.165) is 15.8 Å². The van der Waals surface area contributed by atoms with Gasteiger partial charge in [0.1, 0.15) is 17.4 Å². The van der Waals surface area contributed by atoms with E-state index in [0.29, 0.717) is 12.3 Å². The Hall–Kier alpha value is -1.26. The van der Waals surface area contributed by atoms with Crippen LogP contribution in [0.3, 0.4) is 0 Å². The van der Waals surface area contributed by atoms with E-state index in [4.69, 9.17) is 16.0 Å². The summed E-state index contributed by atoms with van der Waals surface area (Å²) in [4.78, 5) is 11.0. The van der Waals surface area contributed by atoms with E-state index in [-0.39, 0.29) is 11.8 Å². The zero-order valence-electron chi connectivity index (χ0n) is 9.45. The van der Waals surface area contributed by atoms with Crippen molar-refractivity contribution in [3.05, 3.63) is 46.6 Å². The van der Waals surface area contributed by atoms with Crippen LogP contribution in [0.15, 0.2) is 45.3 Å². The summed E-state index contributed by atoms with van der Waals surface area (Å²) in [6, 6.07) is 11.5. The molecular formula is C13H11BrClNO2. The Morgan fingerprint density at radius 2 is 1.94 bits per heavy atom. The molecule has 0 spiro atoms. The van der Waals surface area contributed by atoms with Gasteiger partial charge in [0, 0.05) is 10.0 Å². The van der Waals surface area contributed by atoms with Gasteiger partial charge in [-0.3, -0.25) is 4.79 Å². The Bertz CT molecular complexity index is 536. The van der Waals surface area contributed by atoms with Gasteiger partial charge in [-0.2, -0.15) is 0 Å². The molecule has 3 nitrogen and oxygen atoms in total. The van der Waals surface area contributed by atoms with E-state index in [1.54, 1.807) is 0 Å². The van der Waals surface area contributed by atoms with Gasteiger partial charge in [0.2, 0.25) is 5.91 Å². The second kappa shape index (κ2) is 6.07. The monoisotopic (exact) mass is 327 g/mol. The van der Waals surface area contributed by atoms with Crippen molar-refractivity contribution in [2.45, 2.75) is 6.54 Å². The van der Waals surface area contributed by atoms with Gasteiger partial charge in [0.15, 0.2) is 0 Å². The minimum Gasteiger partial charge on any atom is -0.459 e. The van der Waals surface area contributed by atoms with E-state index in [1.807, 2.05) is 36.4 Å². The Morgan fingerprint density at radius 3 is 2.61 bits per heavy atom. The summed E-state index contributed by atoms with van der Waals surface area (Å²) in [6.07, 6.45) is 0. The lowest BCUT2D eigenvalue weighted by molar-refractivity contribution is -0.118. The normalized spacial score (nSPS) is 10.3. The lowest BCUT2D eigenvalue weighted by atomic mass is 10.2. The number of amides is 1. The van der Waals surface area contributed by atoms with Crippen LogP contribution >= 0.6 is 27.5 Å². The highest BCUT2D eigenvalue weighted by molar-refractivity contribution is 9.10. The van der Waals surface area contributed by atoms with Crippen LogP contribution in [0.25, 0.3) is 11.3 Å². The highest BCUT2D eigenvalue weighted by atomic mass is 79.9. The minimum absolute atomic E-state index is 0.0414. The number of halogens is 2. The topological polar surface area (TPSA) is 42.2 Å². The largest absolute Gasteiger partial charge is 0.459 e. The minimum atomic E-state index is -0.210. The zero-order chi connectivity index (χ0) is 13.0. The third-order valence-corrected chi connectivity index (χ3v) is 3.14. The van der Waals surface area contributed by atoms with Crippen molar-refractivity contribution in [3.63, 3.8) is 0 Å². The lowest BCUT2D eigenvalue weighted by Gasteiger charge is -2.00. The van der Waals surface area contributed by atoms with E-state index in [1.165, 1.54) is 0 Å². The van der Waals surface area contributed by atoms with Crippen LogP contribution in [0.1, 0.15) is 5.76 Å². The van der Waals surface area contributed by atoms with E-state index in [2.05, 4.69) is 21.2 Å². The zero-order valence-corrected chi connectivity index (χ0v) is 11.8. The maximum atomic E-state index is 11.0. The van der Waals surface area contributed by atoms with Crippen molar-refractivity contribution >= 4 is 33.4 Å². The van der Waals surface area contributed by atoms with E-state index in [9.17, 15) is 4.79 Å². The molecule has 0 aliphatic carbocycles. The Balaban J connectivity index is 2.06. The van der Waals surface area contributed by atoms with Crippen LogP contribution in [0.2, 0.25) is 0 Å². The van der Waals surface area contributed by atoms with Crippen molar-refractivity contribution in [2.75, 3.05) is 5.88 Å². The average Bonchev–Trinajstić information content (AvgIpc) is 2.85. The van der Waals surface area contributed by atoms with Crippen LogP contribution in [-0.2, 0) is 11.3 Å². The maximum Gasteiger partial charge on any atom is 0.235 e. The van der Waals surface area contributed by atoms with Crippen molar-refractivity contribution in [3.8, 4) is 11.3 Å². The molecule has 1 aromatic heterocycles. The van der Waals surface area contributed by atoms with Gasteiger partial charge in [0.05, 0.1) is 6.54 Å². The first kappa shape index (κ1) is 13.2. The summed E-state index contributed by atoms with van der Waals surface area (Å²) in [5, 5.41) is 2.65. The summed E-state index contributed by atoms with van der Waals surface area (Å²) >= 11 is 8.77. The third-order valence-electron chi connectivity index (χ3n) is 2.37. The lowest BCUT2D eigenvalue weighted by Crippen LogP contribution is -2.23. The molecule has 2 aromatic rings. The Labute approximate surface area is 118 Å². The fourth-order valence-electron chi connectivity index (χ4n) is 1.48.